The van der Waals surface area contributed by atoms with Gasteiger partial charge in [0, 0.05) is 21.3 Å². The Balaban J connectivity index is 1.74. The van der Waals surface area contributed by atoms with Gasteiger partial charge >= 0.3 is 0 Å². The number of amides is 1. The average Bonchev–Trinajstić information content (AvgIpc) is 2.82. The van der Waals surface area contributed by atoms with Crippen LogP contribution in [0.25, 0.3) is 6.08 Å². The molecule has 0 fully saturated rings. The highest BCUT2D eigenvalue weighted by atomic mass is 35.5. The number of nitrogens with zero attached hydrogens (tertiary/aromatic N) is 1. The Morgan fingerprint density at radius 3 is 2.39 bits per heavy atom. The van der Waals surface area contributed by atoms with Crippen LogP contribution in [0, 0.1) is 11.3 Å². The molecule has 0 unspecified atom stereocenters. The van der Waals surface area contributed by atoms with Crippen molar-refractivity contribution in [3.63, 3.8) is 0 Å². The minimum Gasteiger partial charge on any atom is -0.497 e. The molecule has 8 heteroatoms. The smallest absolute Gasteiger partial charge is 0.266 e. The molecule has 1 amide bonds. The minimum absolute atomic E-state index is 0.0607. The Labute approximate surface area is 201 Å². The van der Waals surface area contributed by atoms with Crippen molar-refractivity contribution < 1.29 is 19.0 Å². The molecule has 0 atom stereocenters. The topological polar surface area (TPSA) is 80.6 Å². The Bertz CT molecular complexity index is 1220. The van der Waals surface area contributed by atoms with Crippen LogP contribution in [0.1, 0.15) is 11.1 Å². The summed E-state index contributed by atoms with van der Waals surface area (Å²) in [6.45, 7) is 0.218. The Kier molecular flexibility index (Phi) is 8.20. The second-order valence-corrected chi connectivity index (χ2v) is 7.63. The van der Waals surface area contributed by atoms with Crippen molar-refractivity contribution in [2.45, 2.75) is 6.61 Å². The number of nitrogens with one attached hydrogen (secondary N) is 1. The van der Waals surface area contributed by atoms with E-state index >= 15 is 0 Å². The Morgan fingerprint density at radius 1 is 1.00 bits per heavy atom. The molecule has 168 valence electrons. The second-order valence-electron chi connectivity index (χ2n) is 6.79. The molecular weight excluding hydrogens is 463 g/mol. The molecule has 6 nitrogen and oxygen atoms in total. The lowest BCUT2D eigenvalue weighted by Gasteiger charge is -2.12. The highest BCUT2D eigenvalue weighted by Crippen LogP contribution is 2.31. The molecule has 0 spiro atoms. The number of halogens is 2. The highest BCUT2D eigenvalue weighted by Gasteiger charge is 2.12. The molecule has 3 aromatic rings. The summed E-state index contributed by atoms with van der Waals surface area (Å²) in [7, 11) is 3.06. The molecule has 0 heterocycles. The molecule has 1 N–H and O–H groups in total. The number of carbonyl (C=O) groups is 1. The van der Waals surface area contributed by atoms with Crippen molar-refractivity contribution in [2.24, 2.45) is 0 Å². The van der Waals surface area contributed by atoms with Crippen LogP contribution in [-0.4, -0.2) is 20.1 Å². The lowest BCUT2D eigenvalue weighted by molar-refractivity contribution is -0.112. The summed E-state index contributed by atoms with van der Waals surface area (Å²) in [5.74, 6) is 1.07. The molecule has 0 radical (unpaired) electrons. The van der Waals surface area contributed by atoms with E-state index in [9.17, 15) is 10.1 Å². The summed E-state index contributed by atoms with van der Waals surface area (Å²) in [6.07, 6.45) is 1.47. The standard InChI is InChI=1S/C25H20Cl2N2O4/c1-31-21-8-6-20(7-9-21)29-25(30)18(14-28)11-16-3-10-23(24(12-16)32-2)33-15-17-4-5-19(26)13-22(17)27/h3-13H,15H2,1-2H3,(H,29,30)/b18-11-. The predicted octanol–water partition coefficient (Wildman–Crippen LogP) is 6.14. The molecule has 0 aliphatic heterocycles. The third-order valence-corrected chi connectivity index (χ3v) is 5.20. The fourth-order valence-corrected chi connectivity index (χ4v) is 3.34. The number of hydrogen-bond donors (Lipinski definition) is 1. The third kappa shape index (κ3) is 6.42. The number of nitriles is 1. The maximum Gasteiger partial charge on any atom is 0.266 e. The van der Waals surface area contributed by atoms with Crippen LogP contribution in [0.15, 0.2) is 66.2 Å². The summed E-state index contributed by atoms with van der Waals surface area (Å²) >= 11 is 12.1. The van der Waals surface area contributed by atoms with Gasteiger partial charge in [-0.1, -0.05) is 35.3 Å². The molecule has 3 rings (SSSR count). The van der Waals surface area contributed by atoms with Crippen LogP contribution in [0.4, 0.5) is 5.69 Å². The first-order valence-corrected chi connectivity index (χ1v) is 10.5. The first kappa shape index (κ1) is 24.0. The van der Waals surface area contributed by atoms with Gasteiger partial charge in [0.05, 0.1) is 14.2 Å². The molecule has 0 saturated heterocycles. The number of methoxy groups -OCH3 is 2. The first-order chi connectivity index (χ1) is 15.9. The largest absolute Gasteiger partial charge is 0.497 e. The van der Waals surface area contributed by atoms with Crippen molar-refractivity contribution in [3.8, 4) is 23.3 Å². The van der Waals surface area contributed by atoms with E-state index in [4.69, 9.17) is 37.4 Å². The quantitative estimate of drug-likeness (QED) is 0.308. The van der Waals surface area contributed by atoms with Crippen LogP contribution in [-0.2, 0) is 11.4 Å². The summed E-state index contributed by atoms with van der Waals surface area (Å²) in [5.41, 5.74) is 1.86. The minimum atomic E-state index is -0.528. The number of carbonyl (C=O) groups excluding carboxylic acids is 1. The van der Waals surface area contributed by atoms with Crippen molar-refractivity contribution in [1.82, 2.24) is 0 Å². The second kappa shape index (κ2) is 11.3. The van der Waals surface area contributed by atoms with Gasteiger partial charge in [0.1, 0.15) is 24.0 Å². The zero-order valence-corrected chi connectivity index (χ0v) is 19.4. The maximum atomic E-state index is 12.5. The van der Waals surface area contributed by atoms with Gasteiger partial charge in [-0.2, -0.15) is 5.26 Å². The Hall–Kier alpha value is -3.66. The summed E-state index contributed by atoms with van der Waals surface area (Å²) in [4.78, 5) is 12.5. The van der Waals surface area contributed by atoms with Gasteiger partial charge in [-0.3, -0.25) is 4.79 Å². The fraction of sp³-hybridized carbons (Fsp3) is 0.120. The normalized spacial score (nSPS) is 10.8. The zero-order chi connectivity index (χ0) is 23.8. The average molecular weight is 483 g/mol. The van der Waals surface area contributed by atoms with Gasteiger partial charge in [0.15, 0.2) is 11.5 Å². The van der Waals surface area contributed by atoms with Gasteiger partial charge in [-0.05, 0) is 60.2 Å². The molecular formula is C25H20Cl2N2O4. The first-order valence-electron chi connectivity index (χ1n) is 9.75. The maximum absolute atomic E-state index is 12.5. The van der Waals surface area contributed by atoms with Gasteiger partial charge < -0.3 is 19.5 Å². The van der Waals surface area contributed by atoms with E-state index in [0.29, 0.717) is 38.5 Å². The van der Waals surface area contributed by atoms with Crippen molar-refractivity contribution in [3.05, 3.63) is 87.4 Å². The lowest BCUT2D eigenvalue weighted by Crippen LogP contribution is -2.13. The molecule has 0 saturated carbocycles. The van der Waals surface area contributed by atoms with Crippen LogP contribution < -0.4 is 19.5 Å². The SMILES string of the molecule is COc1ccc(NC(=O)/C(C#N)=C\c2ccc(OCc3ccc(Cl)cc3Cl)c(OC)c2)cc1. The van der Waals surface area contributed by atoms with Crippen LogP contribution >= 0.6 is 23.2 Å². The monoisotopic (exact) mass is 482 g/mol. The molecule has 0 bridgehead atoms. The van der Waals surface area contributed by atoms with Crippen LogP contribution in [0.5, 0.6) is 17.2 Å². The van der Waals surface area contributed by atoms with E-state index in [0.717, 1.165) is 5.56 Å². The lowest BCUT2D eigenvalue weighted by atomic mass is 10.1. The van der Waals surface area contributed by atoms with E-state index < -0.39 is 5.91 Å². The molecule has 3 aromatic carbocycles. The number of ether oxygens (including phenoxy) is 3. The van der Waals surface area contributed by atoms with E-state index in [-0.39, 0.29) is 12.2 Å². The van der Waals surface area contributed by atoms with Crippen LogP contribution in [0.2, 0.25) is 10.0 Å². The summed E-state index contributed by atoms with van der Waals surface area (Å²) < 4.78 is 16.3. The van der Waals surface area contributed by atoms with E-state index in [1.165, 1.54) is 13.2 Å². The van der Waals surface area contributed by atoms with E-state index in [2.05, 4.69) is 5.32 Å². The number of benzene rings is 3. The number of rotatable bonds is 8. The zero-order valence-electron chi connectivity index (χ0n) is 17.9. The van der Waals surface area contributed by atoms with Gasteiger partial charge in [-0.15, -0.1) is 0 Å². The number of anilines is 1. The van der Waals surface area contributed by atoms with E-state index in [1.807, 2.05) is 6.07 Å². The molecule has 0 aliphatic carbocycles. The number of hydrogen-bond acceptors (Lipinski definition) is 5. The van der Waals surface area contributed by atoms with Gasteiger partial charge in [0.25, 0.3) is 5.91 Å². The molecule has 0 aliphatic rings. The summed E-state index contributed by atoms with van der Waals surface area (Å²) in [5, 5.41) is 13.2. The van der Waals surface area contributed by atoms with Crippen molar-refractivity contribution in [2.75, 3.05) is 19.5 Å². The van der Waals surface area contributed by atoms with Crippen molar-refractivity contribution in [1.29, 1.82) is 5.26 Å². The van der Waals surface area contributed by atoms with Crippen LogP contribution in [0.3, 0.4) is 0 Å². The molecule has 0 aromatic heterocycles. The Morgan fingerprint density at radius 2 is 1.76 bits per heavy atom. The van der Waals surface area contributed by atoms with Gasteiger partial charge in [-0.25, -0.2) is 0 Å². The molecule has 33 heavy (non-hydrogen) atoms. The van der Waals surface area contributed by atoms with Crippen molar-refractivity contribution >= 4 is 40.9 Å². The fourth-order valence-electron chi connectivity index (χ4n) is 2.88. The van der Waals surface area contributed by atoms with E-state index in [1.54, 1.807) is 67.8 Å². The van der Waals surface area contributed by atoms with Gasteiger partial charge in [0.2, 0.25) is 0 Å². The predicted molar refractivity (Wildman–Crippen MR) is 129 cm³/mol. The summed E-state index contributed by atoms with van der Waals surface area (Å²) in [6, 6.07) is 19.0. The third-order valence-electron chi connectivity index (χ3n) is 4.61. The highest BCUT2D eigenvalue weighted by molar-refractivity contribution is 6.35.